The van der Waals surface area contributed by atoms with Crippen molar-refractivity contribution in [2.24, 2.45) is 0 Å². The summed E-state index contributed by atoms with van der Waals surface area (Å²) in [6.07, 6.45) is 1.54. The largest absolute Gasteiger partial charge is 0.317 e. The summed E-state index contributed by atoms with van der Waals surface area (Å²) in [4.78, 5) is 0. The first-order chi connectivity index (χ1) is 9.03. The summed E-state index contributed by atoms with van der Waals surface area (Å²) in [6, 6.07) is 7.13. The van der Waals surface area contributed by atoms with Crippen LogP contribution in [0.1, 0.15) is 25.3 Å². The van der Waals surface area contributed by atoms with Gasteiger partial charge in [-0.25, -0.2) is 13.1 Å². The highest BCUT2D eigenvalue weighted by Crippen LogP contribution is 2.09. The van der Waals surface area contributed by atoms with Crippen LogP contribution in [0.2, 0.25) is 5.02 Å². The molecule has 0 spiro atoms. The highest BCUT2D eigenvalue weighted by molar-refractivity contribution is 7.89. The van der Waals surface area contributed by atoms with E-state index in [1.807, 2.05) is 19.1 Å². The van der Waals surface area contributed by atoms with Gasteiger partial charge in [0.1, 0.15) is 0 Å². The van der Waals surface area contributed by atoms with Crippen LogP contribution >= 0.6 is 11.6 Å². The maximum atomic E-state index is 11.7. The van der Waals surface area contributed by atoms with E-state index in [0.717, 1.165) is 25.1 Å². The second kappa shape index (κ2) is 8.53. The molecule has 0 bridgehead atoms. The molecule has 0 heterocycles. The molecule has 1 rings (SSSR count). The minimum atomic E-state index is -3.19. The molecule has 108 valence electrons. The first-order valence-electron chi connectivity index (χ1n) is 6.46. The van der Waals surface area contributed by atoms with E-state index < -0.39 is 10.0 Å². The number of sulfonamides is 1. The molecule has 0 aliphatic carbocycles. The van der Waals surface area contributed by atoms with Gasteiger partial charge >= 0.3 is 0 Å². The van der Waals surface area contributed by atoms with Crippen LogP contribution in [0.15, 0.2) is 24.3 Å². The predicted octanol–water partition coefficient (Wildman–Crippen LogP) is 2.15. The zero-order valence-electron chi connectivity index (χ0n) is 11.2. The number of hydrogen-bond donors (Lipinski definition) is 2. The van der Waals surface area contributed by atoms with Gasteiger partial charge in [-0.3, -0.25) is 0 Å². The normalized spacial score (nSPS) is 11.7. The minimum absolute atomic E-state index is 0.173. The van der Waals surface area contributed by atoms with E-state index >= 15 is 0 Å². The molecule has 2 N–H and O–H groups in total. The third-order valence-corrected chi connectivity index (χ3v) is 4.34. The van der Waals surface area contributed by atoms with Crippen LogP contribution < -0.4 is 10.0 Å². The molecule has 1 aromatic rings. The van der Waals surface area contributed by atoms with Gasteiger partial charge in [0.15, 0.2) is 0 Å². The van der Waals surface area contributed by atoms with E-state index in [4.69, 9.17) is 11.6 Å². The van der Waals surface area contributed by atoms with E-state index in [-0.39, 0.29) is 5.75 Å². The van der Waals surface area contributed by atoms with Crippen molar-refractivity contribution in [3.05, 3.63) is 34.9 Å². The van der Waals surface area contributed by atoms with Crippen LogP contribution in [-0.4, -0.2) is 27.3 Å². The molecule has 0 aromatic heterocycles. The number of nitrogens with one attached hydrogen (secondary N) is 2. The van der Waals surface area contributed by atoms with Crippen LogP contribution in [0.5, 0.6) is 0 Å². The van der Waals surface area contributed by atoms with Crippen molar-refractivity contribution >= 4 is 21.6 Å². The first kappa shape index (κ1) is 16.4. The molecule has 0 aliphatic heterocycles. The molecule has 0 radical (unpaired) electrons. The molecule has 4 nitrogen and oxygen atoms in total. The Labute approximate surface area is 120 Å². The number of unbranched alkanes of at least 4 members (excludes halogenated alkanes) is 1. The third kappa shape index (κ3) is 7.52. The average Bonchev–Trinajstić information content (AvgIpc) is 2.38. The fraction of sp³-hybridized carbons (Fsp3) is 0.538. The fourth-order valence-corrected chi connectivity index (χ4v) is 2.83. The van der Waals surface area contributed by atoms with Gasteiger partial charge in [-0.05, 0) is 43.6 Å². The van der Waals surface area contributed by atoms with Crippen molar-refractivity contribution in [3.8, 4) is 0 Å². The summed E-state index contributed by atoms with van der Waals surface area (Å²) in [5.41, 5.74) is 0.903. The number of halogens is 1. The maximum Gasteiger partial charge on any atom is 0.211 e. The van der Waals surface area contributed by atoms with E-state index in [1.165, 1.54) is 0 Å². The predicted molar refractivity (Wildman–Crippen MR) is 79.9 cm³/mol. The number of benzene rings is 1. The van der Waals surface area contributed by atoms with Crippen LogP contribution in [-0.2, 0) is 16.6 Å². The Bertz CT molecular complexity index is 460. The smallest absolute Gasteiger partial charge is 0.211 e. The number of hydrogen-bond acceptors (Lipinski definition) is 3. The first-order valence-corrected chi connectivity index (χ1v) is 8.49. The molecule has 0 saturated heterocycles. The Hall–Kier alpha value is -0.620. The molecule has 0 atom stereocenters. The van der Waals surface area contributed by atoms with Gasteiger partial charge in [0.25, 0.3) is 0 Å². The molecule has 1 aromatic carbocycles. The minimum Gasteiger partial charge on any atom is -0.317 e. The van der Waals surface area contributed by atoms with Crippen LogP contribution in [0.25, 0.3) is 0 Å². The fourth-order valence-electron chi connectivity index (χ4n) is 1.59. The topological polar surface area (TPSA) is 58.2 Å². The van der Waals surface area contributed by atoms with Crippen molar-refractivity contribution in [2.75, 3.05) is 18.8 Å². The van der Waals surface area contributed by atoms with E-state index in [1.54, 1.807) is 12.1 Å². The second-order valence-electron chi connectivity index (χ2n) is 4.33. The van der Waals surface area contributed by atoms with Gasteiger partial charge in [-0.15, -0.1) is 0 Å². The molecular weight excluding hydrogens is 284 g/mol. The highest BCUT2D eigenvalue weighted by Gasteiger charge is 2.09. The van der Waals surface area contributed by atoms with Crippen molar-refractivity contribution in [1.29, 1.82) is 0 Å². The zero-order valence-corrected chi connectivity index (χ0v) is 12.7. The molecule has 6 heteroatoms. The van der Waals surface area contributed by atoms with Gasteiger partial charge in [0, 0.05) is 11.6 Å². The van der Waals surface area contributed by atoms with Crippen LogP contribution in [0.3, 0.4) is 0 Å². The Morgan fingerprint density at radius 1 is 1.16 bits per heavy atom. The van der Waals surface area contributed by atoms with Gasteiger partial charge < -0.3 is 5.32 Å². The van der Waals surface area contributed by atoms with E-state index in [2.05, 4.69) is 10.0 Å². The van der Waals surface area contributed by atoms with E-state index in [9.17, 15) is 8.42 Å². The molecule has 0 saturated carbocycles. The van der Waals surface area contributed by atoms with E-state index in [0.29, 0.717) is 18.0 Å². The lowest BCUT2D eigenvalue weighted by molar-refractivity contribution is 0.574. The molecular formula is C13H21ClN2O2S. The SMILES string of the molecule is CCNCCCCS(=O)(=O)NCc1ccc(Cl)cc1. The zero-order chi connectivity index (χ0) is 14.1. The second-order valence-corrected chi connectivity index (χ2v) is 6.69. The molecule has 0 amide bonds. The summed E-state index contributed by atoms with van der Waals surface area (Å²) in [5, 5.41) is 3.82. The Kier molecular flexibility index (Phi) is 7.38. The summed E-state index contributed by atoms with van der Waals surface area (Å²) in [7, 11) is -3.19. The highest BCUT2D eigenvalue weighted by atomic mass is 35.5. The molecule has 19 heavy (non-hydrogen) atoms. The summed E-state index contributed by atoms with van der Waals surface area (Å²) in [6.45, 7) is 4.13. The number of rotatable bonds is 9. The van der Waals surface area contributed by atoms with Crippen molar-refractivity contribution < 1.29 is 8.42 Å². The third-order valence-electron chi connectivity index (χ3n) is 2.68. The van der Waals surface area contributed by atoms with Crippen molar-refractivity contribution in [1.82, 2.24) is 10.0 Å². The monoisotopic (exact) mass is 304 g/mol. The standard InChI is InChI=1S/C13H21ClN2O2S/c1-2-15-9-3-4-10-19(17,18)16-11-12-5-7-13(14)8-6-12/h5-8,15-16H,2-4,9-11H2,1H3. The maximum absolute atomic E-state index is 11.7. The quantitative estimate of drug-likeness (QED) is 0.687. The van der Waals surface area contributed by atoms with Crippen LogP contribution in [0.4, 0.5) is 0 Å². The van der Waals surface area contributed by atoms with Gasteiger partial charge in [0.05, 0.1) is 5.75 Å². The lowest BCUT2D eigenvalue weighted by Gasteiger charge is -2.07. The van der Waals surface area contributed by atoms with Gasteiger partial charge in [-0.1, -0.05) is 30.7 Å². The summed E-state index contributed by atoms with van der Waals surface area (Å²) >= 11 is 5.77. The molecule has 0 aliphatic rings. The van der Waals surface area contributed by atoms with Crippen LogP contribution in [0, 0.1) is 0 Å². The molecule has 0 unspecified atom stereocenters. The average molecular weight is 305 g/mol. The Balaban J connectivity index is 2.28. The lowest BCUT2D eigenvalue weighted by Crippen LogP contribution is -2.26. The van der Waals surface area contributed by atoms with Crippen molar-refractivity contribution in [3.63, 3.8) is 0 Å². The lowest BCUT2D eigenvalue weighted by atomic mass is 10.2. The summed E-state index contributed by atoms with van der Waals surface area (Å²) in [5.74, 6) is 0.173. The Morgan fingerprint density at radius 3 is 2.47 bits per heavy atom. The summed E-state index contributed by atoms with van der Waals surface area (Å²) < 4.78 is 26.1. The Morgan fingerprint density at radius 2 is 1.84 bits per heavy atom. The van der Waals surface area contributed by atoms with Gasteiger partial charge in [-0.2, -0.15) is 0 Å². The molecule has 0 fully saturated rings. The van der Waals surface area contributed by atoms with Crippen molar-refractivity contribution in [2.45, 2.75) is 26.3 Å². The van der Waals surface area contributed by atoms with Gasteiger partial charge in [0.2, 0.25) is 10.0 Å².